The molecule has 4 saturated carbocycles. The molecule has 0 radical (unpaired) electrons. The zero-order chi connectivity index (χ0) is 15.3. The molecule has 4 aliphatic carbocycles. The van der Waals surface area contributed by atoms with Gasteiger partial charge in [-0.15, -0.1) is 0 Å². The van der Waals surface area contributed by atoms with Crippen molar-refractivity contribution < 1.29 is 19.6 Å². The lowest BCUT2D eigenvalue weighted by atomic mass is 9.53. The molecule has 1 spiro atoms. The quantitative estimate of drug-likeness (QED) is 0.742. The fourth-order valence-corrected chi connectivity index (χ4v) is 5.32. The second-order valence-corrected chi connectivity index (χ2v) is 7.56. The van der Waals surface area contributed by atoms with Crippen molar-refractivity contribution in [1.29, 1.82) is 0 Å². The van der Waals surface area contributed by atoms with E-state index in [1.54, 1.807) is 0 Å². The van der Waals surface area contributed by atoms with Gasteiger partial charge in [-0.25, -0.2) is 9.78 Å². The van der Waals surface area contributed by atoms with E-state index in [4.69, 9.17) is 19.6 Å². The molecule has 4 bridgehead atoms. The second kappa shape index (κ2) is 5.45. The van der Waals surface area contributed by atoms with Gasteiger partial charge in [0.2, 0.25) is 5.79 Å². The van der Waals surface area contributed by atoms with Gasteiger partial charge in [-0.2, -0.15) is 9.78 Å². The van der Waals surface area contributed by atoms with E-state index in [9.17, 15) is 0 Å². The van der Waals surface area contributed by atoms with E-state index >= 15 is 0 Å². The Kier molecular flexibility index (Phi) is 3.37. The van der Waals surface area contributed by atoms with E-state index < -0.39 is 5.79 Å². The topological polar surface area (TPSA) is 40.2 Å². The van der Waals surface area contributed by atoms with Crippen molar-refractivity contribution >= 4 is 5.69 Å². The molecule has 0 amide bonds. The summed E-state index contributed by atoms with van der Waals surface area (Å²) in [5.41, 5.74) is 1.03. The van der Waals surface area contributed by atoms with Crippen LogP contribution in [-0.2, 0) is 19.6 Å². The van der Waals surface area contributed by atoms with Crippen molar-refractivity contribution in [2.75, 3.05) is 18.4 Å². The maximum atomic E-state index is 5.91. The summed E-state index contributed by atoms with van der Waals surface area (Å²) < 4.78 is 0. The predicted molar refractivity (Wildman–Crippen MR) is 82.8 cm³/mol. The van der Waals surface area contributed by atoms with Gasteiger partial charge >= 0.3 is 0 Å². The molecule has 6 rings (SSSR count). The van der Waals surface area contributed by atoms with Gasteiger partial charge in [0.05, 0.1) is 0 Å². The SMILES string of the molecule is c1ccc(N2COOC3(OOC2)C2CC4CC(C2)CC3C4)cc1. The lowest BCUT2D eigenvalue weighted by Gasteiger charge is -2.58. The molecular weight excluding hydrogens is 294 g/mol. The minimum atomic E-state index is -0.684. The van der Waals surface area contributed by atoms with Crippen LogP contribution in [-0.4, -0.2) is 19.2 Å². The summed E-state index contributed by atoms with van der Waals surface area (Å²) in [7, 11) is 0. The first kappa shape index (κ1) is 14.2. The predicted octanol–water partition coefficient (Wildman–Crippen LogP) is 3.47. The third-order valence-corrected chi connectivity index (χ3v) is 6.19. The fourth-order valence-electron chi connectivity index (χ4n) is 5.32. The highest BCUT2D eigenvalue weighted by Gasteiger charge is 2.61. The number of rotatable bonds is 1. The molecule has 124 valence electrons. The van der Waals surface area contributed by atoms with Crippen LogP contribution in [0.4, 0.5) is 5.69 Å². The van der Waals surface area contributed by atoms with Crippen LogP contribution >= 0.6 is 0 Å². The average molecular weight is 317 g/mol. The van der Waals surface area contributed by atoms with Crippen LogP contribution in [0.15, 0.2) is 30.3 Å². The van der Waals surface area contributed by atoms with E-state index in [1.807, 2.05) is 35.2 Å². The molecule has 1 aromatic rings. The Hall–Kier alpha value is -1.14. The van der Waals surface area contributed by atoms with Crippen molar-refractivity contribution in [3.63, 3.8) is 0 Å². The van der Waals surface area contributed by atoms with Gasteiger partial charge < -0.3 is 4.90 Å². The van der Waals surface area contributed by atoms with Crippen LogP contribution in [0.2, 0.25) is 0 Å². The standard InChI is InChI=1S/C18H23NO4/c1-2-4-17(5-3-1)19-11-20-22-18(23-21-12-19)15-7-13-6-14(9-15)10-16(18)8-13/h1-5,13-16H,6-12H2. The summed E-state index contributed by atoms with van der Waals surface area (Å²) in [6.45, 7) is 0.697. The summed E-state index contributed by atoms with van der Waals surface area (Å²) in [5.74, 6) is 1.82. The van der Waals surface area contributed by atoms with Crippen LogP contribution in [0.5, 0.6) is 0 Å². The zero-order valence-corrected chi connectivity index (χ0v) is 13.2. The molecule has 0 unspecified atom stereocenters. The Morgan fingerprint density at radius 3 is 1.91 bits per heavy atom. The first-order chi connectivity index (χ1) is 11.3. The largest absolute Gasteiger partial charge is 0.320 e. The maximum Gasteiger partial charge on any atom is 0.239 e. The lowest BCUT2D eigenvalue weighted by Crippen LogP contribution is -2.61. The number of anilines is 1. The van der Waals surface area contributed by atoms with Crippen molar-refractivity contribution in [3.05, 3.63) is 30.3 Å². The minimum absolute atomic E-state index is 0.349. The highest BCUT2D eigenvalue weighted by molar-refractivity contribution is 5.44. The van der Waals surface area contributed by atoms with Crippen molar-refractivity contribution in [3.8, 4) is 0 Å². The van der Waals surface area contributed by atoms with Crippen molar-refractivity contribution in [1.82, 2.24) is 0 Å². The van der Waals surface area contributed by atoms with Gasteiger partial charge in [0.25, 0.3) is 0 Å². The monoisotopic (exact) mass is 317 g/mol. The van der Waals surface area contributed by atoms with Gasteiger partial charge in [-0.05, 0) is 56.1 Å². The van der Waals surface area contributed by atoms with E-state index in [-0.39, 0.29) is 0 Å². The number of para-hydroxylation sites is 1. The summed E-state index contributed by atoms with van der Waals surface area (Å²) in [4.78, 5) is 25.1. The summed E-state index contributed by atoms with van der Waals surface area (Å²) in [6.07, 6.45) is 6.13. The van der Waals surface area contributed by atoms with Gasteiger partial charge in [-0.1, -0.05) is 18.2 Å². The smallest absolute Gasteiger partial charge is 0.239 e. The molecule has 0 N–H and O–H groups in total. The summed E-state index contributed by atoms with van der Waals surface area (Å²) >= 11 is 0. The molecule has 1 aromatic carbocycles. The van der Waals surface area contributed by atoms with Gasteiger partial charge in [0.1, 0.15) is 0 Å². The Bertz CT molecular complexity index is 523. The van der Waals surface area contributed by atoms with Crippen LogP contribution in [0.1, 0.15) is 32.1 Å². The third-order valence-electron chi connectivity index (χ3n) is 6.19. The molecule has 0 aromatic heterocycles. The Morgan fingerprint density at radius 1 is 0.783 bits per heavy atom. The molecule has 1 saturated heterocycles. The molecule has 5 fully saturated rings. The average Bonchev–Trinajstić information content (AvgIpc) is 2.54. The number of nitrogens with zero attached hydrogens (tertiary/aromatic N) is 1. The van der Waals surface area contributed by atoms with E-state index in [0.29, 0.717) is 25.3 Å². The second-order valence-electron chi connectivity index (χ2n) is 7.56. The van der Waals surface area contributed by atoms with E-state index in [2.05, 4.69) is 0 Å². The van der Waals surface area contributed by atoms with Gasteiger partial charge in [0, 0.05) is 17.5 Å². The minimum Gasteiger partial charge on any atom is -0.320 e. The molecule has 5 aliphatic rings. The lowest BCUT2D eigenvalue weighted by molar-refractivity contribution is -0.558. The normalized spacial score (nSPS) is 38.5. The van der Waals surface area contributed by atoms with Gasteiger partial charge in [-0.3, -0.25) is 0 Å². The maximum absolute atomic E-state index is 5.91. The molecular formula is C18H23NO4. The molecule has 1 heterocycles. The third kappa shape index (κ3) is 2.30. The first-order valence-corrected chi connectivity index (χ1v) is 8.75. The first-order valence-electron chi connectivity index (χ1n) is 8.75. The Labute approximate surface area is 136 Å². The van der Waals surface area contributed by atoms with Crippen LogP contribution in [0.25, 0.3) is 0 Å². The highest BCUT2D eigenvalue weighted by atomic mass is 17.3. The van der Waals surface area contributed by atoms with Crippen LogP contribution < -0.4 is 4.90 Å². The molecule has 0 atom stereocenters. The number of benzene rings is 1. The number of hydrogen-bond acceptors (Lipinski definition) is 5. The number of hydrogen-bond donors (Lipinski definition) is 0. The molecule has 1 aliphatic heterocycles. The highest BCUT2D eigenvalue weighted by Crippen LogP contribution is 2.60. The van der Waals surface area contributed by atoms with Crippen molar-refractivity contribution in [2.24, 2.45) is 23.7 Å². The van der Waals surface area contributed by atoms with Crippen LogP contribution in [0.3, 0.4) is 0 Å². The molecule has 5 heteroatoms. The molecule has 23 heavy (non-hydrogen) atoms. The van der Waals surface area contributed by atoms with E-state index in [0.717, 1.165) is 17.5 Å². The van der Waals surface area contributed by atoms with Gasteiger partial charge in [0.15, 0.2) is 13.5 Å². The zero-order valence-electron chi connectivity index (χ0n) is 13.2. The summed E-state index contributed by atoms with van der Waals surface area (Å²) in [5, 5.41) is 0. The Balaban J connectivity index is 1.32. The fraction of sp³-hybridized carbons (Fsp3) is 0.667. The summed E-state index contributed by atoms with van der Waals surface area (Å²) in [6, 6.07) is 10.0. The van der Waals surface area contributed by atoms with E-state index in [1.165, 1.54) is 32.1 Å². The Morgan fingerprint density at radius 2 is 1.35 bits per heavy atom. The van der Waals surface area contributed by atoms with Crippen molar-refractivity contribution in [2.45, 2.75) is 37.9 Å². The van der Waals surface area contributed by atoms with Crippen LogP contribution in [0, 0.1) is 23.7 Å². The molecule has 5 nitrogen and oxygen atoms in total.